The highest BCUT2D eigenvalue weighted by Crippen LogP contribution is 2.34. The lowest BCUT2D eigenvalue weighted by molar-refractivity contribution is -0.131. The molecule has 0 unspecified atom stereocenters. The predicted molar refractivity (Wildman–Crippen MR) is 109 cm³/mol. The Kier molecular flexibility index (Phi) is 5.13. The molecular weight excluding hydrogens is 350 g/mol. The van der Waals surface area contributed by atoms with Crippen LogP contribution >= 0.6 is 0 Å². The molecule has 1 aliphatic rings. The molecule has 146 valence electrons. The van der Waals surface area contributed by atoms with Crippen molar-refractivity contribution >= 4 is 11.6 Å². The molecule has 2 aromatic heterocycles. The number of aromatic nitrogens is 3. The van der Waals surface area contributed by atoms with Crippen LogP contribution in [0.25, 0.3) is 5.65 Å². The number of amides is 1. The summed E-state index contributed by atoms with van der Waals surface area (Å²) >= 11 is 0. The molecule has 28 heavy (non-hydrogen) atoms. The number of carbonyl (C=O) groups excluding carboxylic acids is 1. The summed E-state index contributed by atoms with van der Waals surface area (Å²) in [5.41, 5.74) is 5.07. The molecule has 6 nitrogen and oxygen atoms in total. The van der Waals surface area contributed by atoms with Crippen molar-refractivity contribution in [2.24, 2.45) is 0 Å². The van der Waals surface area contributed by atoms with Gasteiger partial charge in [0.1, 0.15) is 0 Å². The highest BCUT2D eigenvalue weighted by molar-refractivity contribution is 5.79. The Bertz CT molecular complexity index is 979. The molecule has 0 N–H and O–H groups in total. The predicted octanol–water partition coefficient (Wildman–Crippen LogP) is 3.01. The van der Waals surface area contributed by atoms with Crippen LogP contribution < -0.4 is 0 Å². The number of carbonyl (C=O) groups is 1. The average molecular weight is 377 g/mol. The van der Waals surface area contributed by atoms with Gasteiger partial charge in [0.15, 0.2) is 5.65 Å². The van der Waals surface area contributed by atoms with Gasteiger partial charge in [-0.05, 0) is 39.4 Å². The van der Waals surface area contributed by atoms with Gasteiger partial charge in [-0.3, -0.25) is 4.79 Å². The molecule has 1 fully saturated rings. The Hall–Kier alpha value is -2.73. The van der Waals surface area contributed by atoms with E-state index in [0.29, 0.717) is 6.42 Å². The highest BCUT2D eigenvalue weighted by atomic mass is 16.2. The lowest BCUT2D eigenvalue weighted by atomic mass is 10.0. The van der Waals surface area contributed by atoms with E-state index in [9.17, 15) is 4.79 Å². The third-order valence-corrected chi connectivity index (χ3v) is 5.30. The van der Waals surface area contributed by atoms with Crippen LogP contribution in [-0.4, -0.2) is 50.9 Å². The van der Waals surface area contributed by atoms with Crippen molar-refractivity contribution in [1.82, 2.24) is 24.4 Å². The van der Waals surface area contributed by atoms with E-state index in [4.69, 9.17) is 5.10 Å². The fraction of sp³-hybridized carbons (Fsp3) is 0.409. The van der Waals surface area contributed by atoms with E-state index < -0.39 is 0 Å². The van der Waals surface area contributed by atoms with Gasteiger partial charge in [-0.15, -0.1) is 0 Å². The molecule has 0 aliphatic carbocycles. The topological polar surface area (TPSA) is 53.7 Å². The number of hydrogen-bond donors (Lipinski definition) is 0. The fourth-order valence-electron chi connectivity index (χ4n) is 4.14. The first-order valence-electron chi connectivity index (χ1n) is 9.85. The Balaban J connectivity index is 1.71. The maximum absolute atomic E-state index is 13.1. The van der Waals surface area contributed by atoms with E-state index in [1.165, 1.54) is 0 Å². The summed E-state index contributed by atoms with van der Waals surface area (Å²) in [5, 5.41) is 4.70. The molecule has 1 aliphatic heterocycles. The minimum atomic E-state index is 0.0379. The standard InChI is InChI=1S/C22H27N5O/c1-16-12-20-23-14-18(15-25(2)3)22(27(20)24-16)19-10-7-11-26(19)21(28)13-17-8-5-4-6-9-17/h4-6,8-9,12,14,19H,7,10-11,13,15H2,1-3H3/t19-/m0/s1. The fourth-order valence-corrected chi connectivity index (χ4v) is 4.14. The first-order chi connectivity index (χ1) is 13.5. The first kappa shape index (κ1) is 18.6. The third kappa shape index (κ3) is 3.64. The minimum absolute atomic E-state index is 0.0379. The van der Waals surface area contributed by atoms with Gasteiger partial charge in [0.25, 0.3) is 0 Å². The monoisotopic (exact) mass is 377 g/mol. The number of rotatable bonds is 5. The van der Waals surface area contributed by atoms with Crippen LogP contribution in [0.5, 0.6) is 0 Å². The Morgan fingerprint density at radius 3 is 2.79 bits per heavy atom. The van der Waals surface area contributed by atoms with Gasteiger partial charge < -0.3 is 9.80 Å². The zero-order chi connectivity index (χ0) is 19.7. The summed E-state index contributed by atoms with van der Waals surface area (Å²) in [5.74, 6) is 0.179. The molecule has 0 spiro atoms. The molecule has 6 heteroatoms. The number of hydrogen-bond acceptors (Lipinski definition) is 4. The summed E-state index contributed by atoms with van der Waals surface area (Å²) in [6.45, 7) is 3.55. The molecule has 1 amide bonds. The summed E-state index contributed by atoms with van der Waals surface area (Å²) < 4.78 is 1.95. The van der Waals surface area contributed by atoms with Gasteiger partial charge >= 0.3 is 0 Å². The Morgan fingerprint density at radius 2 is 2.04 bits per heavy atom. The van der Waals surface area contributed by atoms with Gasteiger partial charge in [0.2, 0.25) is 5.91 Å². The summed E-state index contributed by atoms with van der Waals surface area (Å²) in [6, 6.07) is 12.0. The molecule has 0 saturated carbocycles. The maximum Gasteiger partial charge on any atom is 0.227 e. The van der Waals surface area contributed by atoms with Crippen molar-refractivity contribution in [3.63, 3.8) is 0 Å². The zero-order valence-electron chi connectivity index (χ0n) is 16.8. The Labute approximate surface area is 165 Å². The van der Waals surface area contributed by atoms with Crippen LogP contribution in [-0.2, 0) is 17.8 Å². The first-order valence-corrected chi connectivity index (χ1v) is 9.85. The number of aryl methyl sites for hydroxylation is 1. The van der Waals surface area contributed by atoms with E-state index in [1.807, 2.05) is 58.9 Å². The van der Waals surface area contributed by atoms with Gasteiger partial charge in [0.05, 0.1) is 23.9 Å². The Morgan fingerprint density at radius 1 is 1.25 bits per heavy atom. The van der Waals surface area contributed by atoms with Gasteiger partial charge in [-0.2, -0.15) is 5.10 Å². The molecule has 1 aromatic carbocycles. The molecule has 1 saturated heterocycles. The van der Waals surface area contributed by atoms with E-state index in [1.54, 1.807) is 0 Å². The van der Waals surface area contributed by atoms with E-state index >= 15 is 0 Å². The lowest BCUT2D eigenvalue weighted by Gasteiger charge is -2.28. The zero-order valence-corrected chi connectivity index (χ0v) is 16.8. The number of nitrogens with zero attached hydrogens (tertiary/aromatic N) is 5. The molecule has 3 heterocycles. The van der Waals surface area contributed by atoms with Crippen molar-refractivity contribution in [2.45, 2.75) is 38.8 Å². The van der Waals surface area contributed by atoms with E-state index in [2.05, 4.69) is 24.0 Å². The number of benzene rings is 1. The number of fused-ring (bicyclic) bond motifs is 1. The molecule has 4 rings (SSSR count). The normalized spacial score (nSPS) is 17.0. The van der Waals surface area contributed by atoms with Crippen molar-refractivity contribution in [2.75, 3.05) is 20.6 Å². The van der Waals surface area contributed by atoms with Crippen LogP contribution in [0.15, 0.2) is 42.6 Å². The van der Waals surface area contributed by atoms with Crippen LogP contribution in [0.4, 0.5) is 0 Å². The minimum Gasteiger partial charge on any atom is -0.334 e. The molecule has 1 atom stereocenters. The van der Waals surface area contributed by atoms with Gasteiger partial charge in [0, 0.05) is 30.9 Å². The van der Waals surface area contributed by atoms with Crippen molar-refractivity contribution in [3.8, 4) is 0 Å². The lowest BCUT2D eigenvalue weighted by Crippen LogP contribution is -2.33. The maximum atomic E-state index is 13.1. The SMILES string of the molecule is Cc1cc2ncc(CN(C)C)c([C@@H]3CCCN3C(=O)Cc3ccccc3)n2n1. The second-order valence-electron chi connectivity index (χ2n) is 7.87. The van der Waals surface area contributed by atoms with E-state index in [0.717, 1.165) is 54.1 Å². The van der Waals surface area contributed by atoms with Gasteiger partial charge in [-0.1, -0.05) is 30.3 Å². The number of likely N-dealkylation sites (tertiary alicyclic amines) is 1. The third-order valence-electron chi connectivity index (χ3n) is 5.30. The van der Waals surface area contributed by atoms with Crippen molar-refractivity contribution in [3.05, 3.63) is 65.1 Å². The van der Waals surface area contributed by atoms with Crippen LogP contribution in [0, 0.1) is 6.92 Å². The quantitative estimate of drug-likeness (QED) is 0.686. The van der Waals surface area contributed by atoms with Crippen molar-refractivity contribution < 1.29 is 4.79 Å². The van der Waals surface area contributed by atoms with E-state index in [-0.39, 0.29) is 11.9 Å². The smallest absolute Gasteiger partial charge is 0.227 e. The second kappa shape index (κ2) is 7.72. The molecule has 0 bridgehead atoms. The van der Waals surface area contributed by atoms with Gasteiger partial charge in [-0.25, -0.2) is 9.50 Å². The van der Waals surface area contributed by atoms with Crippen LogP contribution in [0.2, 0.25) is 0 Å². The van der Waals surface area contributed by atoms with Crippen LogP contribution in [0.1, 0.15) is 41.4 Å². The summed E-state index contributed by atoms with van der Waals surface area (Å²) in [7, 11) is 4.10. The largest absolute Gasteiger partial charge is 0.334 e. The molecule has 3 aromatic rings. The highest BCUT2D eigenvalue weighted by Gasteiger charge is 2.33. The molecule has 0 radical (unpaired) electrons. The van der Waals surface area contributed by atoms with Crippen molar-refractivity contribution in [1.29, 1.82) is 0 Å². The van der Waals surface area contributed by atoms with Crippen LogP contribution in [0.3, 0.4) is 0 Å². The average Bonchev–Trinajstić information content (AvgIpc) is 3.28. The molecular formula is C22H27N5O. The second-order valence-corrected chi connectivity index (χ2v) is 7.87. The summed E-state index contributed by atoms with van der Waals surface area (Å²) in [6.07, 6.45) is 4.35. The summed E-state index contributed by atoms with van der Waals surface area (Å²) in [4.78, 5) is 21.9.